The van der Waals surface area contributed by atoms with Gasteiger partial charge in [0.2, 0.25) is 0 Å². The van der Waals surface area contributed by atoms with Crippen molar-refractivity contribution in [2.75, 3.05) is 13.2 Å². The number of amides is 1. The molecule has 7 nitrogen and oxygen atoms in total. The van der Waals surface area contributed by atoms with Crippen molar-refractivity contribution >= 4 is 16.9 Å². The molecular weight excluding hydrogens is 444 g/mol. The molecule has 0 bridgehead atoms. The van der Waals surface area contributed by atoms with Crippen LogP contribution in [-0.2, 0) is 6.54 Å². The molecule has 1 saturated carbocycles. The number of aromatic nitrogens is 1. The van der Waals surface area contributed by atoms with Gasteiger partial charge < -0.3 is 24.5 Å². The normalized spacial score (nSPS) is 15.2. The van der Waals surface area contributed by atoms with Gasteiger partial charge in [-0.1, -0.05) is 54.9 Å². The summed E-state index contributed by atoms with van der Waals surface area (Å²) in [4.78, 5) is 25.8. The molecule has 194 valence electrons. The van der Waals surface area contributed by atoms with Crippen LogP contribution in [0.1, 0.15) is 85.9 Å². The molecule has 0 saturated heterocycles. The van der Waals surface area contributed by atoms with Crippen molar-refractivity contribution in [3.8, 4) is 11.5 Å². The lowest BCUT2D eigenvalue weighted by Gasteiger charge is -2.35. The lowest BCUT2D eigenvalue weighted by atomic mass is 9.83. The van der Waals surface area contributed by atoms with E-state index in [1.54, 1.807) is 4.57 Å². The number of hydrogen-bond donors (Lipinski definition) is 2. The second-order valence-electron chi connectivity index (χ2n) is 12.1. The Balaban J connectivity index is 2.33. The van der Waals surface area contributed by atoms with E-state index in [-0.39, 0.29) is 11.0 Å². The summed E-state index contributed by atoms with van der Waals surface area (Å²) in [7, 11) is 0. The molecular formula is C28H42N2O5. The van der Waals surface area contributed by atoms with Gasteiger partial charge in [0.15, 0.2) is 0 Å². The molecule has 1 atom stereocenters. The maximum absolute atomic E-state index is 13.9. The number of hydrogen-bond acceptors (Lipinski definition) is 4. The summed E-state index contributed by atoms with van der Waals surface area (Å²) >= 11 is 0. The molecule has 35 heavy (non-hydrogen) atoms. The highest BCUT2D eigenvalue weighted by Gasteiger charge is 2.35. The Morgan fingerprint density at radius 1 is 1.14 bits per heavy atom. The maximum atomic E-state index is 13.9. The van der Waals surface area contributed by atoms with Crippen molar-refractivity contribution in [1.82, 2.24) is 9.88 Å². The van der Waals surface area contributed by atoms with Gasteiger partial charge >= 0.3 is 6.09 Å². The van der Waals surface area contributed by atoms with Crippen LogP contribution in [0.3, 0.4) is 0 Å². The monoisotopic (exact) mass is 486 g/mol. The first-order chi connectivity index (χ1) is 16.3. The van der Waals surface area contributed by atoms with Crippen molar-refractivity contribution < 1.29 is 19.4 Å². The quantitative estimate of drug-likeness (QED) is 0.381. The zero-order valence-corrected chi connectivity index (χ0v) is 22.4. The first kappa shape index (κ1) is 26.9. The van der Waals surface area contributed by atoms with Crippen molar-refractivity contribution in [2.45, 2.75) is 86.7 Å². The van der Waals surface area contributed by atoms with Crippen molar-refractivity contribution in [3.63, 3.8) is 0 Å². The van der Waals surface area contributed by atoms with E-state index in [9.17, 15) is 14.7 Å². The largest absolute Gasteiger partial charge is 0.493 e. The highest BCUT2D eigenvalue weighted by atomic mass is 16.5. The number of unbranched alkanes of at least 4 members (excludes halogenated alkanes) is 1. The number of ether oxygens (including phenoxy) is 2. The van der Waals surface area contributed by atoms with E-state index in [2.05, 4.69) is 33.0 Å². The standard InChI is InChI=1S/C28H42N2O5/c1-8-9-14-34-23-21-15-19(35-16-18-10-11-18)12-13-20(21)25(31)30(17-27(2,3)4)22(23)24(28(5,6)7)29-26(32)33/h12-13,15,18,24,29H,8-11,14,16-17H2,1-7H3,(H,32,33). The number of fused-ring (bicyclic) bond motifs is 1. The Hall–Kier alpha value is -2.70. The van der Waals surface area contributed by atoms with E-state index in [0.29, 0.717) is 53.6 Å². The molecule has 1 aliphatic carbocycles. The van der Waals surface area contributed by atoms with Crippen molar-refractivity contribution in [3.05, 3.63) is 34.2 Å². The molecule has 1 aromatic heterocycles. The highest BCUT2D eigenvalue weighted by molar-refractivity contribution is 5.90. The first-order valence-electron chi connectivity index (χ1n) is 12.8. The third-order valence-corrected chi connectivity index (χ3v) is 6.20. The summed E-state index contributed by atoms with van der Waals surface area (Å²) in [6.45, 7) is 15.8. The number of benzene rings is 1. The van der Waals surface area contributed by atoms with E-state index in [0.717, 1.165) is 12.8 Å². The number of rotatable bonds is 10. The minimum atomic E-state index is -1.14. The van der Waals surface area contributed by atoms with Gasteiger partial charge in [0.25, 0.3) is 5.56 Å². The second kappa shape index (κ2) is 10.5. The smallest absolute Gasteiger partial charge is 0.405 e. The van der Waals surface area contributed by atoms with Gasteiger partial charge in [-0.3, -0.25) is 4.79 Å². The molecule has 1 aromatic carbocycles. The number of carboxylic acid groups (broad SMARTS) is 1. The van der Waals surface area contributed by atoms with Crippen LogP contribution < -0.4 is 20.3 Å². The third-order valence-electron chi connectivity index (χ3n) is 6.20. The molecule has 1 unspecified atom stereocenters. The highest BCUT2D eigenvalue weighted by Crippen LogP contribution is 2.42. The molecule has 0 spiro atoms. The summed E-state index contributed by atoms with van der Waals surface area (Å²) in [6, 6.07) is 4.88. The number of nitrogens with one attached hydrogen (secondary N) is 1. The van der Waals surface area contributed by atoms with Gasteiger partial charge in [-0.15, -0.1) is 0 Å². The van der Waals surface area contributed by atoms with Gasteiger partial charge in [-0.2, -0.15) is 0 Å². The Bertz CT molecular complexity index is 1100. The van der Waals surface area contributed by atoms with Gasteiger partial charge in [-0.05, 0) is 54.2 Å². The van der Waals surface area contributed by atoms with E-state index in [1.165, 1.54) is 12.8 Å². The minimum Gasteiger partial charge on any atom is -0.493 e. The summed E-state index contributed by atoms with van der Waals surface area (Å²) in [5.41, 5.74) is -0.307. The Morgan fingerprint density at radius 2 is 1.83 bits per heavy atom. The van der Waals surface area contributed by atoms with Crippen molar-refractivity contribution in [1.29, 1.82) is 0 Å². The van der Waals surface area contributed by atoms with E-state index in [4.69, 9.17) is 9.47 Å². The molecule has 1 heterocycles. The topological polar surface area (TPSA) is 89.8 Å². The Morgan fingerprint density at radius 3 is 2.37 bits per heavy atom. The average Bonchev–Trinajstić information content (AvgIpc) is 3.57. The minimum absolute atomic E-state index is 0.150. The lowest BCUT2D eigenvalue weighted by Crippen LogP contribution is -2.41. The molecule has 0 aliphatic heterocycles. The van der Waals surface area contributed by atoms with Crippen LogP contribution >= 0.6 is 0 Å². The summed E-state index contributed by atoms with van der Waals surface area (Å²) in [5.74, 6) is 1.86. The number of pyridine rings is 1. The van der Waals surface area contributed by atoms with Crippen LogP contribution in [0.4, 0.5) is 4.79 Å². The maximum Gasteiger partial charge on any atom is 0.405 e. The van der Waals surface area contributed by atoms with Crippen LogP contribution in [0.2, 0.25) is 0 Å². The lowest BCUT2D eigenvalue weighted by molar-refractivity contribution is 0.169. The summed E-state index contributed by atoms with van der Waals surface area (Å²) in [5, 5.41) is 13.6. The fraction of sp³-hybridized carbons (Fsp3) is 0.643. The van der Waals surface area contributed by atoms with E-state index < -0.39 is 17.6 Å². The zero-order valence-electron chi connectivity index (χ0n) is 22.4. The van der Waals surface area contributed by atoms with Crippen molar-refractivity contribution in [2.24, 2.45) is 16.7 Å². The summed E-state index contributed by atoms with van der Waals surface area (Å²) < 4.78 is 14.2. The van der Waals surface area contributed by atoms with Crippen LogP contribution in [0, 0.1) is 16.7 Å². The molecule has 1 aliphatic rings. The van der Waals surface area contributed by atoms with E-state index >= 15 is 0 Å². The predicted molar refractivity (Wildman–Crippen MR) is 140 cm³/mol. The van der Waals surface area contributed by atoms with Crippen LogP contribution in [0.15, 0.2) is 23.0 Å². The van der Waals surface area contributed by atoms with Gasteiger partial charge in [0.1, 0.15) is 11.5 Å². The molecule has 0 radical (unpaired) electrons. The Kier molecular flexibility index (Phi) is 8.07. The second-order valence-corrected chi connectivity index (χ2v) is 12.1. The first-order valence-corrected chi connectivity index (χ1v) is 12.8. The van der Waals surface area contributed by atoms with Gasteiger partial charge in [0.05, 0.1) is 30.3 Å². The fourth-order valence-electron chi connectivity index (χ4n) is 4.21. The molecule has 2 aromatic rings. The number of nitrogens with zero attached hydrogens (tertiary/aromatic N) is 1. The molecule has 1 amide bonds. The average molecular weight is 487 g/mol. The van der Waals surface area contributed by atoms with E-state index in [1.807, 2.05) is 39.0 Å². The Labute approximate surface area is 208 Å². The number of carbonyl (C=O) groups is 1. The van der Waals surface area contributed by atoms with Crippen LogP contribution in [0.25, 0.3) is 10.8 Å². The molecule has 3 rings (SSSR count). The predicted octanol–water partition coefficient (Wildman–Crippen LogP) is 6.37. The SMILES string of the molecule is CCCCOc1c(C(NC(=O)O)C(C)(C)C)n(CC(C)(C)C)c(=O)c2ccc(OCC3CC3)cc12. The van der Waals surface area contributed by atoms with Crippen LogP contribution in [-0.4, -0.2) is 29.0 Å². The van der Waals surface area contributed by atoms with Crippen LogP contribution in [0.5, 0.6) is 11.5 Å². The summed E-state index contributed by atoms with van der Waals surface area (Å²) in [6.07, 6.45) is 3.05. The molecule has 2 N–H and O–H groups in total. The zero-order chi connectivity index (χ0) is 26.0. The van der Waals surface area contributed by atoms with Gasteiger partial charge in [0, 0.05) is 11.9 Å². The fourth-order valence-corrected chi connectivity index (χ4v) is 4.21. The molecule has 1 fully saturated rings. The van der Waals surface area contributed by atoms with Gasteiger partial charge in [-0.25, -0.2) is 4.79 Å². The molecule has 7 heteroatoms. The third kappa shape index (κ3) is 6.92.